The molecule has 0 aromatic rings. The van der Waals surface area contributed by atoms with Crippen molar-refractivity contribution in [3.8, 4) is 0 Å². The van der Waals surface area contributed by atoms with Gasteiger partial charge in [0, 0.05) is 12.5 Å². The quantitative estimate of drug-likeness (QED) is 0.408. The van der Waals surface area contributed by atoms with E-state index in [1.807, 2.05) is 0 Å². The van der Waals surface area contributed by atoms with Crippen LogP contribution in [0.5, 0.6) is 0 Å². The van der Waals surface area contributed by atoms with Crippen molar-refractivity contribution >= 4 is 5.90 Å². The normalized spacial score (nSPS) is 20.0. The minimum Gasteiger partial charge on any atom is -0.396 e. The molecule has 0 aliphatic carbocycles. The number of rotatable bonds is 3. The van der Waals surface area contributed by atoms with Gasteiger partial charge in [-0.2, -0.15) is 5.90 Å². The average Bonchev–Trinajstić information content (AvgIpc) is 2.17. The molecule has 0 unspecified atom stereocenters. The fraction of sp³-hybridized carbons (Fsp3) is 0.900. The monoisotopic (exact) mass is 199 g/mol. The Kier molecular flexibility index (Phi) is 4.35. The number of hydrogen-bond acceptors (Lipinski definition) is 4. The first-order valence-corrected chi connectivity index (χ1v) is 5.31. The van der Waals surface area contributed by atoms with Crippen LogP contribution in [0.25, 0.3) is 0 Å². The minimum absolute atomic E-state index is 0.239. The van der Waals surface area contributed by atoms with Gasteiger partial charge >= 0.3 is 0 Å². The molecule has 0 aromatic heterocycles. The first-order chi connectivity index (χ1) is 6.63. The summed E-state index contributed by atoms with van der Waals surface area (Å²) >= 11 is 0. The zero-order valence-electron chi connectivity index (χ0n) is 9.12. The van der Waals surface area contributed by atoms with Gasteiger partial charge in [0.1, 0.15) is 0 Å². The van der Waals surface area contributed by atoms with Gasteiger partial charge in [-0.3, -0.25) is 5.41 Å². The van der Waals surface area contributed by atoms with Crippen LogP contribution in [0.4, 0.5) is 0 Å². The summed E-state index contributed by atoms with van der Waals surface area (Å²) in [6.45, 7) is 7.75. The molecular weight excluding hydrogens is 178 g/mol. The van der Waals surface area contributed by atoms with Gasteiger partial charge in [0.2, 0.25) is 5.90 Å². The van der Waals surface area contributed by atoms with E-state index in [0.717, 1.165) is 38.4 Å². The highest BCUT2D eigenvalue weighted by Gasteiger charge is 2.23. The Labute approximate surface area is 85.9 Å². The summed E-state index contributed by atoms with van der Waals surface area (Å²) in [5.41, 5.74) is 0. The van der Waals surface area contributed by atoms with E-state index in [-0.39, 0.29) is 11.8 Å². The van der Waals surface area contributed by atoms with Gasteiger partial charge in [0.05, 0.1) is 0 Å². The number of piperidine rings is 1. The van der Waals surface area contributed by atoms with Crippen LogP contribution in [-0.2, 0) is 4.84 Å². The van der Waals surface area contributed by atoms with E-state index in [1.165, 1.54) is 0 Å². The van der Waals surface area contributed by atoms with E-state index in [2.05, 4.69) is 23.6 Å². The van der Waals surface area contributed by atoms with Crippen molar-refractivity contribution in [1.82, 2.24) is 4.90 Å². The first kappa shape index (κ1) is 11.5. The van der Waals surface area contributed by atoms with E-state index in [9.17, 15) is 0 Å². The molecule has 1 heterocycles. The Morgan fingerprint density at radius 1 is 1.50 bits per heavy atom. The molecule has 0 radical (unpaired) electrons. The zero-order valence-corrected chi connectivity index (χ0v) is 9.12. The average molecular weight is 199 g/mol. The minimum atomic E-state index is 0.239. The fourth-order valence-corrected chi connectivity index (χ4v) is 1.99. The van der Waals surface area contributed by atoms with Crippen molar-refractivity contribution in [2.45, 2.75) is 26.7 Å². The van der Waals surface area contributed by atoms with Crippen molar-refractivity contribution in [1.29, 1.82) is 5.41 Å². The summed E-state index contributed by atoms with van der Waals surface area (Å²) in [5, 5.41) is 7.47. The lowest BCUT2D eigenvalue weighted by Gasteiger charge is -2.32. The second kappa shape index (κ2) is 5.32. The molecule has 0 amide bonds. The van der Waals surface area contributed by atoms with Crippen molar-refractivity contribution in [3.63, 3.8) is 0 Å². The van der Waals surface area contributed by atoms with E-state index in [0.29, 0.717) is 0 Å². The van der Waals surface area contributed by atoms with Gasteiger partial charge in [-0.25, -0.2) is 0 Å². The third-order valence-electron chi connectivity index (χ3n) is 2.71. The molecule has 4 heteroatoms. The van der Waals surface area contributed by atoms with E-state index in [4.69, 9.17) is 11.3 Å². The van der Waals surface area contributed by atoms with Gasteiger partial charge < -0.3 is 9.74 Å². The molecule has 0 bridgehead atoms. The summed E-state index contributed by atoms with van der Waals surface area (Å²) < 4.78 is 0. The molecule has 3 N–H and O–H groups in total. The van der Waals surface area contributed by atoms with Crippen LogP contribution in [-0.4, -0.2) is 30.4 Å². The summed E-state index contributed by atoms with van der Waals surface area (Å²) in [5.74, 6) is 6.18. The van der Waals surface area contributed by atoms with Crippen molar-refractivity contribution in [2.24, 2.45) is 17.7 Å². The second-order valence-electron chi connectivity index (χ2n) is 4.45. The molecule has 4 nitrogen and oxygen atoms in total. The molecule has 1 aliphatic heterocycles. The Morgan fingerprint density at radius 2 is 2.07 bits per heavy atom. The molecule has 1 saturated heterocycles. The molecule has 14 heavy (non-hydrogen) atoms. The molecule has 1 aliphatic rings. The molecule has 0 saturated carbocycles. The van der Waals surface area contributed by atoms with E-state index in [1.54, 1.807) is 0 Å². The van der Waals surface area contributed by atoms with Crippen LogP contribution in [0.2, 0.25) is 0 Å². The lowest BCUT2D eigenvalue weighted by molar-refractivity contribution is 0.173. The van der Waals surface area contributed by atoms with Crippen LogP contribution in [0, 0.1) is 17.2 Å². The SMILES string of the molecule is CC(C)CN1CCC(C(=N)ON)CC1. The maximum atomic E-state index is 7.47. The third kappa shape index (κ3) is 3.27. The second-order valence-corrected chi connectivity index (χ2v) is 4.45. The third-order valence-corrected chi connectivity index (χ3v) is 2.71. The molecule has 0 aromatic carbocycles. The Hall–Kier alpha value is -0.610. The predicted octanol–water partition coefficient (Wildman–Crippen LogP) is 1.22. The zero-order chi connectivity index (χ0) is 10.6. The van der Waals surface area contributed by atoms with Crippen molar-refractivity contribution in [3.05, 3.63) is 0 Å². The highest BCUT2D eigenvalue weighted by molar-refractivity contribution is 5.75. The number of nitrogens with zero attached hydrogens (tertiary/aromatic N) is 1. The van der Waals surface area contributed by atoms with Crippen LogP contribution in [0.3, 0.4) is 0 Å². The Balaban J connectivity index is 2.27. The summed E-state index contributed by atoms with van der Waals surface area (Å²) in [6, 6.07) is 0. The van der Waals surface area contributed by atoms with Gasteiger partial charge in [-0.15, -0.1) is 0 Å². The summed E-state index contributed by atoms with van der Waals surface area (Å²) in [7, 11) is 0. The number of nitrogens with one attached hydrogen (secondary N) is 1. The lowest BCUT2D eigenvalue weighted by atomic mass is 9.96. The largest absolute Gasteiger partial charge is 0.396 e. The highest BCUT2D eigenvalue weighted by Crippen LogP contribution is 2.18. The molecule has 82 valence electrons. The molecule has 0 atom stereocenters. The summed E-state index contributed by atoms with van der Waals surface area (Å²) in [4.78, 5) is 6.92. The van der Waals surface area contributed by atoms with E-state index >= 15 is 0 Å². The molecule has 1 fully saturated rings. The van der Waals surface area contributed by atoms with Crippen LogP contribution in [0.1, 0.15) is 26.7 Å². The van der Waals surface area contributed by atoms with E-state index < -0.39 is 0 Å². The molecule has 1 rings (SSSR count). The maximum absolute atomic E-state index is 7.47. The van der Waals surface area contributed by atoms with Crippen molar-refractivity contribution < 1.29 is 4.84 Å². The van der Waals surface area contributed by atoms with Gasteiger partial charge in [0.25, 0.3) is 0 Å². The smallest absolute Gasteiger partial charge is 0.209 e. The predicted molar refractivity (Wildman–Crippen MR) is 57.0 cm³/mol. The summed E-state index contributed by atoms with van der Waals surface area (Å²) in [6.07, 6.45) is 2.01. The highest BCUT2D eigenvalue weighted by atomic mass is 16.6. The van der Waals surface area contributed by atoms with Crippen LogP contribution >= 0.6 is 0 Å². The van der Waals surface area contributed by atoms with Crippen LogP contribution in [0.15, 0.2) is 0 Å². The van der Waals surface area contributed by atoms with Crippen molar-refractivity contribution in [2.75, 3.05) is 19.6 Å². The standard InChI is InChI=1S/C10H21N3O/c1-8(2)7-13-5-3-9(4-6-13)10(11)14-12/h8-9,11H,3-7,12H2,1-2H3. The number of nitrogens with two attached hydrogens (primary N) is 1. The number of likely N-dealkylation sites (tertiary alicyclic amines) is 1. The maximum Gasteiger partial charge on any atom is 0.209 e. The van der Waals surface area contributed by atoms with Gasteiger partial charge in [0.15, 0.2) is 0 Å². The lowest BCUT2D eigenvalue weighted by Crippen LogP contribution is -2.39. The molecule has 0 spiro atoms. The van der Waals surface area contributed by atoms with Gasteiger partial charge in [-0.1, -0.05) is 13.8 Å². The molecular formula is C10H21N3O. The number of hydrogen-bond donors (Lipinski definition) is 2. The first-order valence-electron chi connectivity index (χ1n) is 5.31. The van der Waals surface area contributed by atoms with Gasteiger partial charge in [-0.05, 0) is 31.8 Å². The fourth-order valence-electron chi connectivity index (χ4n) is 1.99. The Bertz CT molecular complexity index is 186. The van der Waals surface area contributed by atoms with Crippen LogP contribution < -0.4 is 5.90 Å². The Morgan fingerprint density at radius 3 is 2.50 bits per heavy atom. The topological polar surface area (TPSA) is 62.3 Å².